The Balaban J connectivity index is 0.000000351. The molecule has 0 aromatic heterocycles. The van der Waals surface area contributed by atoms with Crippen molar-refractivity contribution in [2.24, 2.45) is 5.10 Å². The van der Waals surface area contributed by atoms with Crippen LogP contribution in [0.3, 0.4) is 0 Å². The summed E-state index contributed by atoms with van der Waals surface area (Å²) in [6.45, 7) is 1.52. The fraction of sp³-hybridized carbons (Fsp3) is 0.583. The zero-order chi connectivity index (χ0) is 18.3. The number of rotatable bonds is 1. The molecule has 0 bridgehead atoms. The van der Waals surface area contributed by atoms with Crippen LogP contribution in [0.1, 0.15) is 19.3 Å². The number of halogens is 3. The zero-order valence-electron chi connectivity index (χ0n) is 12.4. The van der Waals surface area contributed by atoms with Gasteiger partial charge in [-0.2, -0.15) is 18.3 Å². The third-order valence-electron chi connectivity index (χ3n) is 2.96. The van der Waals surface area contributed by atoms with Gasteiger partial charge in [0, 0.05) is 26.1 Å². The number of carboxylic acids is 1. The second-order valence-electron chi connectivity index (χ2n) is 4.82. The second kappa shape index (κ2) is 8.26. The normalized spacial score (nSPS) is 18.3. The standard InChI is InChI=1S/C10H14N4O3.C2HF3O2/c15-8-2-5-14(4-1-3-11-8)10(17)7-6-9(16)13-12-7;3-2(4,5)1(6)7/h1-6H2,(H,11,15)(H,13,16);(H,6,7). The van der Waals surface area contributed by atoms with Crippen LogP contribution in [0.2, 0.25) is 0 Å². The first-order valence-electron chi connectivity index (χ1n) is 6.82. The van der Waals surface area contributed by atoms with Crippen molar-refractivity contribution in [3.05, 3.63) is 0 Å². The molecule has 2 heterocycles. The molecule has 24 heavy (non-hydrogen) atoms. The Labute approximate surface area is 133 Å². The maximum atomic E-state index is 12.0. The molecule has 134 valence electrons. The highest BCUT2D eigenvalue weighted by Crippen LogP contribution is 2.13. The topological polar surface area (TPSA) is 128 Å². The van der Waals surface area contributed by atoms with Crippen molar-refractivity contribution in [1.82, 2.24) is 15.6 Å². The minimum Gasteiger partial charge on any atom is -0.475 e. The molecule has 0 aromatic carbocycles. The van der Waals surface area contributed by atoms with E-state index in [1.165, 1.54) is 0 Å². The molecule has 3 amide bonds. The summed E-state index contributed by atoms with van der Waals surface area (Å²) < 4.78 is 31.7. The zero-order valence-corrected chi connectivity index (χ0v) is 12.4. The molecule has 1 fully saturated rings. The first-order chi connectivity index (χ1) is 11.1. The van der Waals surface area contributed by atoms with Crippen LogP contribution in [0.5, 0.6) is 0 Å². The monoisotopic (exact) mass is 352 g/mol. The highest BCUT2D eigenvalue weighted by atomic mass is 19.4. The van der Waals surface area contributed by atoms with Crippen LogP contribution in [0.25, 0.3) is 0 Å². The third kappa shape index (κ3) is 6.22. The number of hydrazone groups is 1. The van der Waals surface area contributed by atoms with Gasteiger partial charge in [0.15, 0.2) is 0 Å². The average molecular weight is 352 g/mol. The van der Waals surface area contributed by atoms with Crippen LogP contribution >= 0.6 is 0 Å². The van der Waals surface area contributed by atoms with Crippen LogP contribution in [-0.4, -0.2) is 65.2 Å². The van der Waals surface area contributed by atoms with E-state index in [-0.39, 0.29) is 29.9 Å². The van der Waals surface area contributed by atoms with E-state index in [4.69, 9.17) is 9.90 Å². The van der Waals surface area contributed by atoms with Crippen LogP contribution in [0.15, 0.2) is 5.10 Å². The van der Waals surface area contributed by atoms with E-state index in [1.807, 2.05) is 0 Å². The molecule has 12 heteroatoms. The van der Waals surface area contributed by atoms with E-state index < -0.39 is 12.1 Å². The van der Waals surface area contributed by atoms with Gasteiger partial charge in [0.2, 0.25) is 11.8 Å². The Morgan fingerprint density at radius 1 is 1.17 bits per heavy atom. The van der Waals surface area contributed by atoms with E-state index in [9.17, 15) is 27.6 Å². The van der Waals surface area contributed by atoms with Gasteiger partial charge in [-0.25, -0.2) is 10.2 Å². The number of carbonyl (C=O) groups is 4. The van der Waals surface area contributed by atoms with E-state index >= 15 is 0 Å². The molecule has 2 rings (SSSR count). The third-order valence-corrected chi connectivity index (χ3v) is 2.96. The fourth-order valence-corrected chi connectivity index (χ4v) is 1.80. The Kier molecular flexibility index (Phi) is 6.68. The van der Waals surface area contributed by atoms with Gasteiger partial charge >= 0.3 is 12.1 Å². The van der Waals surface area contributed by atoms with Crippen molar-refractivity contribution < 1.29 is 37.5 Å². The predicted octanol–water partition coefficient (Wildman–Crippen LogP) is -0.766. The lowest BCUT2D eigenvalue weighted by molar-refractivity contribution is -0.192. The molecule has 0 radical (unpaired) electrons. The van der Waals surface area contributed by atoms with Crippen LogP contribution in [-0.2, 0) is 19.2 Å². The molecule has 0 spiro atoms. The smallest absolute Gasteiger partial charge is 0.475 e. The minimum absolute atomic E-state index is 0.0293. The van der Waals surface area contributed by atoms with Crippen LogP contribution in [0, 0.1) is 0 Å². The summed E-state index contributed by atoms with van der Waals surface area (Å²) in [6, 6.07) is 0. The molecule has 0 saturated carbocycles. The van der Waals surface area contributed by atoms with E-state index in [0.29, 0.717) is 32.5 Å². The Bertz CT molecular complexity index is 561. The lowest BCUT2D eigenvalue weighted by Gasteiger charge is -2.24. The van der Waals surface area contributed by atoms with Crippen LogP contribution < -0.4 is 10.7 Å². The summed E-state index contributed by atoms with van der Waals surface area (Å²) >= 11 is 0. The number of hydrogen-bond donors (Lipinski definition) is 3. The first kappa shape index (κ1) is 19.4. The molecule has 0 aromatic rings. The van der Waals surface area contributed by atoms with E-state index in [1.54, 1.807) is 4.90 Å². The quantitative estimate of drug-likeness (QED) is 0.571. The second-order valence-corrected chi connectivity index (χ2v) is 4.82. The number of aliphatic carboxylic acids is 1. The molecule has 9 nitrogen and oxygen atoms in total. The van der Waals surface area contributed by atoms with Crippen molar-refractivity contribution in [3.63, 3.8) is 0 Å². The molecule has 1 saturated heterocycles. The summed E-state index contributed by atoms with van der Waals surface area (Å²) in [7, 11) is 0. The predicted molar refractivity (Wildman–Crippen MR) is 72.7 cm³/mol. The van der Waals surface area contributed by atoms with Gasteiger partial charge in [-0.15, -0.1) is 0 Å². The summed E-state index contributed by atoms with van der Waals surface area (Å²) in [5.41, 5.74) is 2.48. The van der Waals surface area contributed by atoms with Gasteiger partial charge in [0.1, 0.15) is 5.71 Å². The van der Waals surface area contributed by atoms with E-state index in [0.717, 1.165) is 0 Å². The summed E-state index contributed by atoms with van der Waals surface area (Å²) in [6.07, 6.45) is -4.05. The first-order valence-corrected chi connectivity index (χ1v) is 6.82. The number of carboxylic acid groups (broad SMARTS) is 1. The number of hydrogen-bond acceptors (Lipinski definition) is 5. The Morgan fingerprint density at radius 2 is 1.79 bits per heavy atom. The Hall–Kier alpha value is -2.66. The van der Waals surface area contributed by atoms with Crippen LogP contribution in [0.4, 0.5) is 13.2 Å². The van der Waals surface area contributed by atoms with Gasteiger partial charge in [-0.1, -0.05) is 0 Å². The maximum Gasteiger partial charge on any atom is 0.490 e. The van der Waals surface area contributed by atoms with E-state index in [2.05, 4.69) is 15.8 Å². The van der Waals surface area contributed by atoms with Crippen molar-refractivity contribution >= 4 is 29.4 Å². The Morgan fingerprint density at radius 3 is 2.29 bits per heavy atom. The molecular weight excluding hydrogens is 337 g/mol. The number of alkyl halides is 3. The fourth-order valence-electron chi connectivity index (χ4n) is 1.80. The largest absolute Gasteiger partial charge is 0.490 e. The number of carbonyl (C=O) groups excluding carboxylic acids is 3. The molecule has 0 aliphatic carbocycles. The van der Waals surface area contributed by atoms with Crippen molar-refractivity contribution in [2.75, 3.05) is 19.6 Å². The van der Waals surface area contributed by atoms with Gasteiger partial charge in [-0.3, -0.25) is 14.4 Å². The van der Waals surface area contributed by atoms with Gasteiger partial charge in [0.05, 0.1) is 6.42 Å². The highest BCUT2D eigenvalue weighted by Gasteiger charge is 2.38. The lowest BCUT2D eigenvalue weighted by atomic mass is 10.2. The summed E-state index contributed by atoms with van der Waals surface area (Å²) in [4.78, 5) is 44.7. The SMILES string of the molecule is O=C(O)C(F)(F)F.O=C1CCN(C(=O)C2=NNC(=O)C2)CCCN1. The van der Waals surface area contributed by atoms with Gasteiger partial charge in [-0.05, 0) is 6.42 Å². The maximum absolute atomic E-state index is 12.0. The van der Waals surface area contributed by atoms with Gasteiger partial charge < -0.3 is 15.3 Å². The minimum atomic E-state index is -5.08. The van der Waals surface area contributed by atoms with Gasteiger partial charge in [0.25, 0.3) is 5.91 Å². The van der Waals surface area contributed by atoms with Crippen molar-refractivity contribution in [3.8, 4) is 0 Å². The summed E-state index contributed by atoms with van der Waals surface area (Å²) in [5, 5.41) is 13.6. The molecular formula is C12H15F3N4O5. The molecule has 0 atom stereocenters. The van der Waals surface area contributed by atoms with Crippen molar-refractivity contribution in [2.45, 2.75) is 25.4 Å². The average Bonchev–Trinajstić information content (AvgIpc) is 2.89. The number of nitrogens with one attached hydrogen (secondary N) is 2. The lowest BCUT2D eigenvalue weighted by Crippen LogP contribution is -2.42. The molecule has 2 aliphatic heterocycles. The number of amides is 3. The highest BCUT2D eigenvalue weighted by molar-refractivity contribution is 6.43. The summed E-state index contributed by atoms with van der Waals surface area (Å²) in [5.74, 6) is -3.33. The molecule has 3 N–H and O–H groups in total. The van der Waals surface area contributed by atoms with Crippen molar-refractivity contribution in [1.29, 1.82) is 0 Å². The molecule has 0 unspecified atom stereocenters. The number of nitrogens with zero attached hydrogens (tertiary/aromatic N) is 2. The molecule has 2 aliphatic rings.